The number of rotatable bonds is 5. The van der Waals surface area contributed by atoms with Crippen molar-refractivity contribution in [3.63, 3.8) is 0 Å². The molecule has 0 amide bonds. The van der Waals surface area contributed by atoms with E-state index in [1.807, 2.05) is 16.6 Å². The first-order valence-electron chi connectivity index (χ1n) is 12.5. The maximum Gasteiger partial charge on any atom is 0.338 e. The summed E-state index contributed by atoms with van der Waals surface area (Å²) in [5.41, 5.74) is 5.61. The average Bonchev–Trinajstić information content (AvgIpc) is 3.57. The van der Waals surface area contributed by atoms with Crippen LogP contribution < -0.4 is 4.90 Å². The van der Waals surface area contributed by atoms with Gasteiger partial charge in [0.25, 0.3) is 0 Å². The monoisotopic (exact) mass is 460 g/mol. The van der Waals surface area contributed by atoms with Crippen LogP contribution in [0.2, 0.25) is 0 Å². The fraction of sp³-hybridized carbons (Fsp3) is 0.538. The number of anilines is 1. The van der Waals surface area contributed by atoms with Crippen molar-refractivity contribution in [1.82, 2.24) is 24.7 Å². The Morgan fingerprint density at radius 3 is 2.71 bits per heavy atom. The van der Waals surface area contributed by atoms with E-state index >= 15 is 0 Å². The van der Waals surface area contributed by atoms with E-state index in [1.54, 1.807) is 0 Å². The van der Waals surface area contributed by atoms with E-state index in [2.05, 4.69) is 46.0 Å². The van der Waals surface area contributed by atoms with Gasteiger partial charge in [-0.1, -0.05) is 13.0 Å². The van der Waals surface area contributed by atoms with Crippen LogP contribution in [-0.4, -0.2) is 63.4 Å². The number of esters is 1. The fourth-order valence-electron chi connectivity index (χ4n) is 5.95. The third kappa shape index (κ3) is 3.64. The van der Waals surface area contributed by atoms with Crippen molar-refractivity contribution >= 4 is 17.4 Å². The number of carbonyl (C=O) groups excluding carboxylic acids is 1. The molecule has 34 heavy (non-hydrogen) atoms. The van der Waals surface area contributed by atoms with Crippen LogP contribution in [0.1, 0.15) is 59.1 Å². The predicted molar refractivity (Wildman–Crippen MR) is 129 cm³/mol. The molecule has 2 saturated heterocycles. The van der Waals surface area contributed by atoms with Gasteiger partial charge in [-0.25, -0.2) is 4.79 Å². The molecule has 6 rings (SSSR count). The molecule has 2 aromatic heterocycles. The summed E-state index contributed by atoms with van der Waals surface area (Å²) in [4.78, 5) is 16.9. The molecule has 0 N–H and O–H groups in total. The number of fused-ring (bicyclic) bond motifs is 2. The van der Waals surface area contributed by atoms with Gasteiger partial charge in [0.05, 0.1) is 5.56 Å². The summed E-state index contributed by atoms with van der Waals surface area (Å²) in [6.45, 7) is 10.2. The van der Waals surface area contributed by atoms with Crippen LogP contribution >= 0.6 is 0 Å². The maximum atomic E-state index is 11.8. The first kappa shape index (κ1) is 21.5. The lowest BCUT2D eigenvalue weighted by molar-refractivity contribution is 0.0535. The first-order valence-corrected chi connectivity index (χ1v) is 12.5. The first-order chi connectivity index (χ1) is 16.5. The van der Waals surface area contributed by atoms with Gasteiger partial charge < -0.3 is 14.5 Å². The smallest absolute Gasteiger partial charge is 0.338 e. The number of carbonyl (C=O) groups is 1. The molecule has 0 unspecified atom stereocenters. The molecule has 0 saturated carbocycles. The van der Waals surface area contributed by atoms with Crippen molar-refractivity contribution in [2.45, 2.75) is 52.6 Å². The number of piperidine rings is 1. The van der Waals surface area contributed by atoms with Crippen molar-refractivity contribution < 1.29 is 9.53 Å². The molecule has 1 aromatic carbocycles. The second kappa shape index (κ2) is 8.34. The van der Waals surface area contributed by atoms with E-state index in [0.717, 1.165) is 74.0 Å². The summed E-state index contributed by atoms with van der Waals surface area (Å²) in [5.74, 6) is 1.77. The van der Waals surface area contributed by atoms with Crippen molar-refractivity contribution in [3.8, 4) is 0 Å². The van der Waals surface area contributed by atoms with Gasteiger partial charge in [-0.15, -0.1) is 15.3 Å². The van der Waals surface area contributed by atoms with Gasteiger partial charge in [0.1, 0.15) is 12.4 Å². The van der Waals surface area contributed by atoms with Crippen molar-refractivity contribution in [3.05, 3.63) is 52.3 Å². The standard InChI is InChI=1S/C26H32N6O2/c1-3-22-27-28-23-6-7-24(29-32(22)23)31-15-11-26(17-31)9-13-30(14-10-26)12-8-19-4-5-20-21(18(19)2)16-34-25(20)33/h4-7H,3,8-17H2,1-2H3. The molecule has 178 valence electrons. The molecule has 0 bridgehead atoms. The molecule has 8 heteroatoms. The minimum atomic E-state index is -0.181. The highest BCUT2D eigenvalue weighted by molar-refractivity contribution is 5.93. The molecule has 3 aliphatic heterocycles. The SMILES string of the molecule is CCc1nnc2ccc(N3CCC4(CCN(CCc5ccc6c(c5C)COC6=O)CC4)C3)nn12. The van der Waals surface area contributed by atoms with Crippen molar-refractivity contribution in [2.24, 2.45) is 5.41 Å². The van der Waals surface area contributed by atoms with Gasteiger partial charge in [-0.2, -0.15) is 4.52 Å². The van der Waals surface area contributed by atoms with E-state index < -0.39 is 0 Å². The molecular formula is C26H32N6O2. The molecule has 8 nitrogen and oxygen atoms in total. The number of ether oxygens (including phenoxy) is 1. The Hall–Kier alpha value is -3.00. The second-order valence-corrected chi connectivity index (χ2v) is 10.1. The Morgan fingerprint density at radius 1 is 1.06 bits per heavy atom. The Labute approximate surface area is 199 Å². The van der Waals surface area contributed by atoms with E-state index in [1.165, 1.54) is 30.4 Å². The van der Waals surface area contributed by atoms with Crippen molar-refractivity contribution in [2.75, 3.05) is 37.6 Å². The lowest BCUT2D eigenvalue weighted by atomic mass is 9.77. The number of aryl methyl sites for hydroxylation is 1. The Morgan fingerprint density at radius 2 is 1.88 bits per heavy atom. The molecule has 1 spiro atoms. The number of nitrogens with zero attached hydrogens (tertiary/aromatic N) is 6. The molecule has 3 aromatic rings. The zero-order chi connectivity index (χ0) is 23.3. The zero-order valence-corrected chi connectivity index (χ0v) is 20.1. The maximum absolute atomic E-state index is 11.8. The number of benzene rings is 1. The number of aromatic nitrogens is 4. The minimum Gasteiger partial charge on any atom is -0.457 e. The van der Waals surface area contributed by atoms with Crippen LogP contribution in [0, 0.1) is 12.3 Å². The lowest BCUT2D eigenvalue weighted by Crippen LogP contribution is -2.42. The number of hydrogen-bond acceptors (Lipinski definition) is 7. The van der Waals surface area contributed by atoms with Crippen LogP contribution in [0.15, 0.2) is 24.3 Å². The van der Waals surface area contributed by atoms with Gasteiger partial charge in [0.15, 0.2) is 11.5 Å². The fourth-order valence-corrected chi connectivity index (χ4v) is 5.95. The van der Waals surface area contributed by atoms with Crippen LogP contribution in [-0.2, 0) is 24.2 Å². The average molecular weight is 461 g/mol. The summed E-state index contributed by atoms with van der Waals surface area (Å²) in [6, 6.07) is 8.19. The van der Waals surface area contributed by atoms with E-state index in [9.17, 15) is 4.79 Å². The number of cyclic esters (lactones) is 1. The third-order valence-corrected chi connectivity index (χ3v) is 8.28. The van der Waals surface area contributed by atoms with Crippen LogP contribution in [0.4, 0.5) is 5.82 Å². The summed E-state index contributed by atoms with van der Waals surface area (Å²) >= 11 is 0. The molecule has 2 fully saturated rings. The molecule has 0 aliphatic carbocycles. The quantitative estimate of drug-likeness (QED) is 0.541. The van der Waals surface area contributed by atoms with Crippen molar-refractivity contribution in [1.29, 1.82) is 0 Å². The highest BCUT2D eigenvalue weighted by Gasteiger charge is 2.41. The largest absolute Gasteiger partial charge is 0.457 e. The minimum absolute atomic E-state index is 0.181. The van der Waals surface area contributed by atoms with E-state index in [-0.39, 0.29) is 5.97 Å². The topological polar surface area (TPSA) is 75.9 Å². The zero-order valence-electron chi connectivity index (χ0n) is 20.1. The van der Waals surface area contributed by atoms with Gasteiger partial charge in [-0.05, 0) is 80.4 Å². The predicted octanol–water partition coefficient (Wildman–Crippen LogP) is 3.20. The normalized spacial score (nSPS) is 19.8. The third-order valence-electron chi connectivity index (χ3n) is 8.28. The molecule has 3 aliphatic rings. The van der Waals surface area contributed by atoms with E-state index in [0.29, 0.717) is 12.0 Å². The van der Waals surface area contributed by atoms with Gasteiger partial charge >= 0.3 is 5.97 Å². The van der Waals surface area contributed by atoms with Gasteiger partial charge in [-0.3, -0.25) is 0 Å². The Kier molecular flexibility index (Phi) is 5.28. The summed E-state index contributed by atoms with van der Waals surface area (Å²) < 4.78 is 7.11. The molecule has 0 atom stereocenters. The summed E-state index contributed by atoms with van der Waals surface area (Å²) in [6.07, 6.45) is 5.57. The second-order valence-electron chi connectivity index (χ2n) is 10.1. The molecule has 5 heterocycles. The van der Waals surface area contributed by atoms with Crippen LogP contribution in [0.25, 0.3) is 5.65 Å². The highest BCUT2D eigenvalue weighted by atomic mass is 16.5. The molecular weight excluding hydrogens is 428 g/mol. The van der Waals surface area contributed by atoms with Crippen LogP contribution in [0.5, 0.6) is 0 Å². The number of likely N-dealkylation sites (tertiary alicyclic amines) is 1. The Bertz CT molecular complexity index is 1240. The summed E-state index contributed by atoms with van der Waals surface area (Å²) in [5, 5.41) is 13.3. The van der Waals surface area contributed by atoms with Gasteiger partial charge in [0.2, 0.25) is 0 Å². The highest BCUT2D eigenvalue weighted by Crippen LogP contribution is 2.41. The number of hydrogen-bond donors (Lipinski definition) is 0. The van der Waals surface area contributed by atoms with E-state index in [4.69, 9.17) is 9.84 Å². The molecule has 0 radical (unpaired) electrons. The Balaban J connectivity index is 1.06. The lowest BCUT2D eigenvalue weighted by Gasteiger charge is -2.39. The van der Waals surface area contributed by atoms with Gasteiger partial charge in [0, 0.05) is 31.6 Å². The van der Waals surface area contributed by atoms with Crippen LogP contribution in [0.3, 0.4) is 0 Å². The summed E-state index contributed by atoms with van der Waals surface area (Å²) in [7, 11) is 0.